The van der Waals surface area contributed by atoms with Gasteiger partial charge in [0.15, 0.2) is 0 Å². The molecule has 2 aromatic carbocycles. The van der Waals surface area contributed by atoms with E-state index >= 15 is 0 Å². The smallest absolute Gasteiger partial charge is 0.259 e. The van der Waals surface area contributed by atoms with Crippen LogP contribution in [0.1, 0.15) is 40.1 Å². The van der Waals surface area contributed by atoms with Crippen molar-refractivity contribution in [2.45, 2.75) is 26.8 Å². The van der Waals surface area contributed by atoms with Crippen LogP contribution >= 0.6 is 0 Å². The van der Waals surface area contributed by atoms with Gasteiger partial charge in [-0.25, -0.2) is 4.68 Å². The molecule has 1 heterocycles. The summed E-state index contributed by atoms with van der Waals surface area (Å²) in [4.78, 5) is 13.1. The van der Waals surface area contributed by atoms with Crippen LogP contribution in [0.25, 0.3) is 0 Å². The van der Waals surface area contributed by atoms with Crippen molar-refractivity contribution in [2.75, 3.05) is 14.2 Å². The lowest BCUT2D eigenvalue weighted by atomic mass is 10.1. The molecule has 0 spiro atoms. The molecule has 1 atom stereocenters. The molecule has 158 valence electrons. The van der Waals surface area contributed by atoms with Gasteiger partial charge in [0.1, 0.15) is 22.8 Å². The third-order valence-corrected chi connectivity index (χ3v) is 4.86. The highest BCUT2D eigenvalue weighted by Gasteiger charge is 2.24. The molecule has 0 bridgehead atoms. The minimum Gasteiger partial charge on any atom is -0.496 e. The average molecular weight is 409 g/mol. The Hall–Kier alpha value is -3.48. The minimum atomic E-state index is -0.251. The van der Waals surface area contributed by atoms with Crippen molar-refractivity contribution in [3.63, 3.8) is 0 Å². The number of aryl methyl sites for hydroxylation is 3. The molecule has 7 nitrogen and oxygen atoms in total. The van der Waals surface area contributed by atoms with Gasteiger partial charge in [-0.1, -0.05) is 29.8 Å². The summed E-state index contributed by atoms with van der Waals surface area (Å²) in [6.07, 6.45) is 0. The van der Waals surface area contributed by atoms with Crippen molar-refractivity contribution in [3.8, 4) is 23.1 Å². The third-order valence-electron chi connectivity index (χ3n) is 4.86. The van der Waals surface area contributed by atoms with Crippen LogP contribution in [0.3, 0.4) is 0 Å². The number of nitrogens with one attached hydrogen (secondary N) is 1. The van der Waals surface area contributed by atoms with Crippen molar-refractivity contribution in [1.82, 2.24) is 15.1 Å². The molecule has 3 rings (SSSR count). The van der Waals surface area contributed by atoms with Crippen molar-refractivity contribution >= 4 is 5.91 Å². The van der Waals surface area contributed by atoms with Gasteiger partial charge in [-0.05, 0) is 26.3 Å². The van der Waals surface area contributed by atoms with Gasteiger partial charge in [-0.2, -0.15) is 5.10 Å². The number of ether oxygens (including phenoxy) is 3. The standard InChI is InChI=1S/C23H27N3O4/c1-14-7-9-17(10-8-14)15(2)24-22(27)21-16(3)25-26(4)23(21)30-20-12-18(28-5)11-19(13-20)29-6/h7-13,15H,1-6H3,(H,24,27). The molecule has 1 N–H and O–H groups in total. The van der Waals surface area contributed by atoms with Crippen molar-refractivity contribution in [1.29, 1.82) is 0 Å². The number of benzene rings is 2. The number of methoxy groups -OCH3 is 2. The molecule has 7 heteroatoms. The molecule has 30 heavy (non-hydrogen) atoms. The molecule has 1 aromatic heterocycles. The molecular formula is C23H27N3O4. The fraction of sp³-hybridized carbons (Fsp3) is 0.304. The zero-order chi connectivity index (χ0) is 21.8. The van der Waals surface area contributed by atoms with Crippen LogP contribution in [0, 0.1) is 13.8 Å². The van der Waals surface area contributed by atoms with Crippen LogP contribution in [0.15, 0.2) is 42.5 Å². The van der Waals surface area contributed by atoms with E-state index in [0.717, 1.165) is 5.56 Å². The molecule has 0 radical (unpaired) electrons. The van der Waals surface area contributed by atoms with E-state index in [1.807, 2.05) is 38.1 Å². The maximum Gasteiger partial charge on any atom is 0.259 e. The first-order chi connectivity index (χ1) is 14.3. The largest absolute Gasteiger partial charge is 0.496 e. The zero-order valence-corrected chi connectivity index (χ0v) is 18.1. The highest BCUT2D eigenvalue weighted by atomic mass is 16.5. The van der Waals surface area contributed by atoms with Crippen LogP contribution in [0.4, 0.5) is 0 Å². The molecule has 3 aromatic rings. The number of aromatic nitrogens is 2. The molecule has 0 aliphatic carbocycles. The van der Waals surface area contributed by atoms with E-state index in [2.05, 4.69) is 10.4 Å². The second-order valence-electron chi connectivity index (χ2n) is 7.15. The van der Waals surface area contributed by atoms with Gasteiger partial charge >= 0.3 is 0 Å². The SMILES string of the molecule is COc1cc(OC)cc(Oc2c(C(=O)NC(C)c3ccc(C)cc3)c(C)nn2C)c1. The second-order valence-corrected chi connectivity index (χ2v) is 7.15. The van der Waals surface area contributed by atoms with E-state index < -0.39 is 0 Å². The Bertz CT molecular complexity index is 1020. The lowest BCUT2D eigenvalue weighted by Crippen LogP contribution is -2.27. The van der Waals surface area contributed by atoms with Crippen LogP contribution in [0.2, 0.25) is 0 Å². The summed E-state index contributed by atoms with van der Waals surface area (Å²) >= 11 is 0. The Morgan fingerprint density at radius 2 is 1.57 bits per heavy atom. The third kappa shape index (κ3) is 4.56. The lowest BCUT2D eigenvalue weighted by Gasteiger charge is -2.16. The normalized spacial score (nSPS) is 11.7. The van der Waals surface area contributed by atoms with Crippen LogP contribution in [-0.2, 0) is 7.05 Å². The Balaban J connectivity index is 1.88. The first-order valence-corrected chi connectivity index (χ1v) is 9.64. The number of amides is 1. The fourth-order valence-electron chi connectivity index (χ4n) is 3.17. The van der Waals surface area contributed by atoms with Crippen molar-refractivity contribution < 1.29 is 19.0 Å². The number of rotatable bonds is 7. The van der Waals surface area contributed by atoms with E-state index in [4.69, 9.17) is 14.2 Å². The van der Waals surface area contributed by atoms with Gasteiger partial charge in [0.05, 0.1) is 26.0 Å². The van der Waals surface area contributed by atoms with E-state index in [0.29, 0.717) is 34.4 Å². The topological polar surface area (TPSA) is 74.6 Å². The summed E-state index contributed by atoms with van der Waals surface area (Å²) in [5.74, 6) is 1.74. The summed E-state index contributed by atoms with van der Waals surface area (Å²) < 4.78 is 18.2. The van der Waals surface area contributed by atoms with Crippen molar-refractivity contribution in [2.24, 2.45) is 7.05 Å². The zero-order valence-electron chi connectivity index (χ0n) is 18.1. The minimum absolute atomic E-state index is 0.164. The Morgan fingerprint density at radius 1 is 1.00 bits per heavy atom. The Kier molecular flexibility index (Phi) is 6.30. The summed E-state index contributed by atoms with van der Waals surface area (Å²) in [6.45, 7) is 5.76. The highest BCUT2D eigenvalue weighted by molar-refractivity contribution is 5.98. The van der Waals surface area contributed by atoms with Gasteiger partial charge in [-0.15, -0.1) is 0 Å². The van der Waals surface area contributed by atoms with Crippen LogP contribution in [-0.4, -0.2) is 29.9 Å². The molecule has 1 unspecified atom stereocenters. The molecular weight excluding hydrogens is 382 g/mol. The lowest BCUT2D eigenvalue weighted by molar-refractivity contribution is 0.0936. The summed E-state index contributed by atoms with van der Waals surface area (Å²) in [5.41, 5.74) is 3.16. The molecule has 1 amide bonds. The average Bonchev–Trinajstić information content (AvgIpc) is 3.00. The first-order valence-electron chi connectivity index (χ1n) is 9.64. The van der Waals surface area contributed by atoms with Crippen LogP contribution < -0.4 is 19.5 Å². The molecule has 0 saturated heterocycles. The van der Waals surface area contributed by atoms with Crippen molar-refractivity contribution in [3.05, 3.63) is 64.8 Å². The molecule has 0 aliphatic rings. The first kappa shape index (κ1) is 21.2. The maximum atomic E-state index is 13.1. The van der Waals surface area contributed by atoms with Gasteiger partial charge in [0, 0.05) is 25.2 Å². The Morgan fingerprint density at radius 3 is 2.13 bits per heavy atom. The van der Waals surface area contributed by atoms with Gasteiger partial charge < -0.3 is 19.5 Å². The number of carbonyl (C=O) groups is 1. The number of carbonyl (C=O) groups excluding carboxylic acids is 1. The van der Waals surface area contributed by atoms with E-state index in [1.165, 1.54) is 5.56 Å². The summed E-state index contributed by atoms with van der Waals surface area (Å²) in [5, 5.41) is 7.41. The monoisotopic (exact) mass is 409 g/mol. The van der Waals surface area contributed by atoms with Gasteiger partial charge in [0.2, 0.25) is 5.88 Å². The molecule has 0 saturated carbocycles. The summed E-state index contributed by atoms with van der Waals surface area (Å²) in [7, 11) is 4.87. The quantitative estimate of drug-likeness (QED) is 0.628. The number of nitrogens with zero attached hydrogens (tertiary/aromatic N) is 2. The second kappa shape index (κ2) is 8.90. The van der Waals surface area contributed by atoms with Crippen LogP contribution in [0.5, 0.6) is 23.1 Å². The van der Waals surface area contributed by atoms with E-state index in [-0.39, 0.29) is 11.9 Å². The summed E-state index contributed by atoms with van der Waals surface area (Å²) in [6, 6.07) is 13.1. The molecule has 0 aliphatic heterocycles. The highest BCUT2D eigenvalue weighted by Crippen LogP contribution is 2.33. The van der Waals surface area contributed by atoms with Gasteiger partial charge in [0.25, 0.3) is 5.91 Å². The predicted molar refractivity (Wildman–Crippen MR) is 115 cm³/mol. The Labute approximate surface area is 176 Å². The van der Waals surface area contributed by atoms with Gasteiger partial charge in [-0.3, -0.25) is 4.79 Å². The van der Waals surface area contributed by atoms with E-state index in [9.17, 15) is 4.79 Å². The van der Waals surface area contributed by atoms with E-state index in [1.54, 1.807) is 51.1 Å². The fourth-order valence-corrected chi connectivity index (χ4v) is 3.17. The molecule has 0 fully saturated rings. The number of hydrogen-bond donors (Lipinski definition) is 1. The maximum absolute atomic E-state index is 13.1. The number of hydrogen-bond acceptors (Lipinski definition) is 5. The predicted octanol–water partition coefficient (Wildman–Crippen LogP) is 4.34.